The molecule has 132 valence electrons. The summed E-state index contributed by atoms with van der Waals surface area (Å²) < 4.78 is 1.71. The van der Waals surface area contributed by atoms with E-state index < -0.39 is 0 Å². The van der Waals surface area contributed by atoms with Crippen molar-refractivity contribution in [3.8, 4) is 6.07 Å². The minimum atomic E-state index is -0.323. The van der Waals surface area contributed by atoms with Crippen molar-refractivity contribution < 1.29 is 4.79 Å². The van der Waals surface area contributed by atoms with Crippen molar-refractivity contribution in [2.45, 2.75) is 40.6 Å². The number of rotatable bonds is 8. The van der Waals surface area contributed by atoms with Gasteiger partial charge in [0.05, 0.1) is 15.8 Å². The summed E-state index contributed by atoms with van der Waals surface area (Å²) in [5.41, 5.74) is 0.943. The van der Waals surface area contributed by atoms with Gasteiger partial charge in [-0.3, -0.25) is 4.79 Å². The second-order valence-electron chi connectivity index (χ2n) is 5.09. The molecule has 2 rings (SSSR count). The van der Waals surface area contributed by atoms with Crippen molar-refractivity contribution in [3.05, 3.63) is 28.8 Å². The van der Waals surface area contributed by atoms with Gasteiger partial charge in [0, 0.05) is 11.4 Å². The zero-order valence-corrected chi connectivity index (χ0v) is 17.0. The lowest BCUT2D eigenvalue weighted by Crippen LogP contribution is -2.22. The molecular weight excluding hydrogens is 396 g/mol. The molecule has 0 radical (unpaired) electrons. The monoisotopic (exact) mass is 412 g/mol. The molecule has 0 fully saturated rings. The van der Waals surface area contributed by atoms with Gasteiger partial charge in [0.15, 0.2) is 8.68 Å². The molecule has 0 aliphatic rings. The Balaban J connectivity index is 1.90. The molecule has 0 bridgehead atoms. The van der Waals surface area contributed by atoms with E-state index in [-0.39, 0.29) is 11.2 Å². The lowest BCUT2D eigenvalue weighted by Gasteiger charge is -2.10. The number of aromatic nitrogens is 2. The largest absolute Gasteiger partial charge is 0.325 e. The number of benzene rings is 1. The van der Waals surface area contributed by atoms with Crippen LogP contribution in [0.1, 0.15) is 32.3 Å². The number of thioether (sulfide) groups is 2. The molecule has 0 spiro atoms. The highest BCUT2D eigenvalue weighted by Gasteiger charge is 2.18. The summed E-state index contributed by atoms with van der Waals surface area (Å²) in [6, 6.07) is 6.80. The molecule has 0 aliphatic carbocycles. The number of carbonyl (C=O) groups excluding carboxylic acids is 1. The average molecular weight is 413 g/mol. The number of halogens is 1. The van der Waals surface area contributed by atoms with Crippen molar-refractivity contribution in [2.24, 2.45) is 0 Å². The summed E-state index contributed by atoms with van der Waals surface area (Å²) >= 11 is 10.6. The van der Waals surface area contributed by atoms with E-state index >= 15 is 0 Å². The first kappa shape index (κ1) is 20.0. The van der Waals surface area contributed by atoms with E-state index in [0.717, 1.165) is 27.3 Å². The molecule has 0 unspecified atom stereocenters. The number of nitrogens with zero attached hydrogens (tertiary/aromatic N) is 3. The van der Waals surface area contributed by atoms with E-state index in [1.165, 1.54) is 23.1 Å². The summed E-state index contributed by atoms with van der Waals surface area (Å²) in [6.45, 7) is 3.97. The number of hydrogen-bond acceptors (Lipinski definition) is 7. The highest BCUT2D eigenvalue weighted by atomic mass is 35.5. The number of nitrogens with one attached hydrogen (secondary N) is 1. The van der Waals surface area contributed by atoms with Crippen molar-refractivity contribution in [3.63, 3.8) is 0 Å². The third-order valence-corrected chi connectivity index (χ3v) is 6.76. The Morgan fingerprint density at radius 3 is 2.88 bits per heavy atom. The number of hydrogen-bond donors (Lipinski definition) is 1. The Bertz CT molecular complexity index is 775. The maximum atomic E-state index is 12.3. The fourth-order valence-electron chi connectivity index (χ4n) is 1.74. The summed E-state index contributed by atoms with van der Waals surface area (Å²) in [7, 11) is 0. The average Bonchev–Trinajstić information content (AvgIpc) is 3.02. The minimum Gasteiger partial charge on any atom is -0.325 e. The van der Waals surface area contributed by atoms with Crippen LogP contribution in [0.25, 0.3) is 0 Å². The van der Waals surface area contributed by atoms with Gasteiger partial charge in [-0.05, 0) is 31.5 Å². The Labute approximate surface area is 164 Å². The van der Waals surface area contributed by atoms with Crippen molar-refractivity contribution >= 4 is 58.1 Å². The summed E-state index contributed by atoms with van der Waals surface area (Å²) in [4.78, 5) is 12.3. The Hall–Kier alpha value is -1.27. The first-order valence-electron chi connectivity index (χ1n) is 7.67. The van der Waals surface area contributed by atoms with Gasteiger partial charge in [-0.25, -0.2) is 0 Å². The van der Waals surface area contributed by atoms with E-state index in [2.05, 4.69) is 22.4 Å². The molecule has 1 N–H and O–H groups in total. The predicted molar refractivity (Wildman–Crippen MR) is 106 cm³/mol. The third-order valence-electron chi connectivity index (χ3n) is 3.12. The third kappa shape index (κ3) is 6.19. The molecule has 1 amide bonds. The van der Waals surface area contributed by atoms with E-state index in [4.69, 9.17) is 16.9 Å². The smallest absolute Gasteiger partial charge is 0.237 e. The molecule has 1 atom stereocenters. The maximum Gasteiger partial charge on any atom is 0.237 e. The van der Waals surface area contributed by atoms with Crippen LogP contribution in [0.2, 0.25) is 5.02 Å². The molecule has 25 heavy (non-hydrogen) atoms. The van der Waals surface area contributed by atoms with Crippen molar-refractivity contribution in [1.82, 2.24) is 10.2 Å². The number of amides is 1. The predicted octanol–water partition coefficient (Wildman–Crippen LogP) is 5.07. The van der Waals surface area contributed by atoms with Crippen LogP contribution < -0.4 is 5.32 Å². The Morgan fingerprint density at radius 2 is 2.20 bits per heavy atom. The zero-order valence-electron chi connectivity index (χ0n) is 13.8. The van der Waals surface area contributed by atoms with Crippen LogP contribution in [0.15, 0.2) is 26.9 Å². The molecule has 0 saturated heterocycles. The molecule has 1 aromatic carbocycles. The molecule has 5 nitrogen and oxygen atoms in total. The molecule has 9 heteroatoms. The Kier molecular flexibility index (Phi) is 8.03. The number of unbranched alkanes of at least 4 members (excludes halogenated alkanes) is 1. The second kappa shape index (κ2) is 10.0. The van der Waals surface area contributed by atoms with Crippen LogP contribution in [-0.4, -0.2) is 27.1 Å². The van der Waals surface area contributed by atoms with Crippen LogP contribution in [0, 0.1) is 11.3 Å². The lowest BCUT2D eigenvalue weighted by atomic mass is 10.2. The maximum absolute atomic E-state index is 12.3. The molecule has 0 saturated carbocycles. The van der Waals surface area contributed by atoms with Gasteiger partial charge < -0.3 is 5.32 Å². The fourth-order valence-corrected chi connectivity index (χ4v) is 5.28. The lowest BCUT2D eigenvalue weighted by molar-refractivity contribution is -0.115. The van der Waals surface area contributed by atoms with Gasteiger partial charge in [-0.15, -0.1) is 10.2 Å². The molecular formula is C16H17ClN4OS3. The van der Waals surface area contributed by atoms with Crippen LogP contribution in [0.3, 0.4) is 0 Å². The van der Waals surface area contributed by atoms with Gasteiger partial charge in [0.2, 0.25) is 5.91 Å². The van der Waals surface area contributed by atoms with Gasteiger partial charge in [0.1, 0.15) is 6.07 Å². The van der Waals surface area contributed by atoms with Crippen LogP contribution in [-0.2, 0) is 4.79 Å². The highest BCUT2D eigenvalue weighted by Crippen LogP contribution is 2.32. The van der Waals surface area contributed by atoms with Gasteiger partial charge in [-0.1, -0.05) is 59.8 Å². The van der Waals surface area contributed by atoms with E-state index in [9.17, 15) is 4.79 Å². The summed E-state index contributed by atoms with van der Waals surface area (Å²) in [6.07, 6.45) is 2.31. The van der Waals surface area contributed by atoms with Crippen LogP contribution >= 0.6 is 46.5 Å². The Morgan fingerprint density at radius 1 is 1.44 bits per heavy atom. The standard InChI is InChI=1S/C16H17ClN4OS3/c1-3-4-7-23-15-20-21-16(25-15)24-10(2)14(22)19-12-6-5-11(9-18)13(17)8-12/h5-6,8,10H,3-4,7H2,1-2H3,(H,19,22)/t10-/m1/s1. The molecule has 2 aromatic rings. The summed E-state index contributed by atoms with van der Waals surface area (Å²) in [5, 5.41) is 20.0. The SMILES string of the molecule is CCCCSc1nnc(S[C@H](C)C(=O)Nc2ccc(C#N)c(Cl)c2)s1. The second-order valence-corrected chi connectivity index (χ2v) is 9.41. The summed E-state index contributed by atoms with van der Waals surface area (Å²) in [5.74, 6) is 0.881. The fraction of sp³-hybridized carbons (Fsp3) is 0.375. The van der Waals surface area contributed by atoms with Crippen molar-refractivity contribution in [1.29, 1.82) is 5.26 Å². The highest BCUT2D eigenvalue weighted by molar-refractivity contribution is 8.03. The molecule has 1 heterocycles. The number of nitriles is 1. The molecule has 1 aromatic heterocycles. The first-order chi connectivity index (χ1) is 12.0. The van der Waals surface area contributed by atoms with E-state index in [0.29, 0.717) is 16.3 Å². The van der Waals surface area contributed by atoms with Gasteiger partial charge in [0.25, 0.3) is 0 Å². The quantitative estimate of drug-likeness (QED) is 0.481. The van der Waals surface area contributed by atoms with Gasteiger partial charge in [-0.2, -0.15) is 5.26 Å². The van der Waals surface area contributed by atoms with Crippen LogP contribution in [0.4, 0.5) is 5.69 Å². The minimum absolute atomic E-state index is 0.152. The molecule has 0 aliphatic heterocycles. The zero-order chi connectivity index (χ0) is 18.2. The number of anilines is 1. The topological polar surface area (TPSA) is 78.7 Å². The first-order valence-corrected chi connectivity index (χ1v) is 10.7. The van der Waals surface area contributed by atoms with E-state index in [1.54, 1.807) is 30.0 Å². The van der Waals surface area contributed by atoms with Crippen molar-refractivity contribution in [2.75, 3.05) is 11.1 Å². The normalized spacial score (nSPS) is 11.8. The van der Waals surface area contributed by atoms with Crippen LogP contribution in [0.5, 0.6) is 0 Å². The van der Waals surface area contributed by atoms with Gasteiger partial charge >= 0.3 is 0 Å². The number of carbonyl (C=O) groups is 1. The van der Waals surface area contributed by atoms with E-state index in [1.807, 2.05) is 13.0 Å².